The van der Waals surface area contributed by atoms with Crippen molar-refractivity contribution in [1.29, 1.82) is 0 Å². The molecular formula is C18H19N3O4S. The lowest BCUT2D eigenvalue weighted by molar-refractivity contribution is 0.324. The van der Waals surface area contributed by atoms with Gasteiger partial charge in [0, 0.05) is 11.3 Å². The van der Waals surface area contributed by atoms with Crippen LogP contribution >= 0.6 is 11.3 Å². The number of nitrogens with zero attached hydrogens (tertiary/aromatic N) is 2. The lowest BCUT2D eigenvalue weighted by atomic mass is 10.2. The Bertz CT molecular complexity index is 855. The predicted octanol–water partition coefficient (Wildman–Crippen LogP) is 3.98. The summed E-state index contributed by atoms with van der Waals surface area (Å²) in [7, 11) is 6.37. The van der Waals surface area contributed by atoms with Crippen LogP contribution < -0.4 is 24.3 Å². The Balaban J connectivity index is 1.87. The lowest BCUT2D eigenvalue weighted by Gasteiger charge is -2.13. The van der Waals surface area contributed by atoms with Crippen molar-refractivity contribution in [3.05, 3.63) is 36.4 Å². The molecule has 7 nitrogen and oxygen atoms in total. The summed E-state index contributed by atoms with van der Waals surface area (Å²) in [5, 5.41) is 13.1. The van der Waals surface area contributed by atoms with Crippen LogP contribution in [-0.2, 0) is 0 Å². The van der Waals surface area contributed by atoms with Crippen LogP contribution in [0.15, 0.2) is 36.4 Å². The van der Waals surface area contributed by atoms with Gasteiger partial charge in [-0.2, -0.15) is 0 Å². The average molecular weight is 373 g/mol. The van der Waals surface area contributed by atoms with E-state index in [0.29, 0.717) is 22.4 Å². The molecule has 136 valence electrons. The van der Waals surface area contributed by atoms with Gasteiger partial charge in [0.1, 0.15) is 10.8 Å². The Hall–Kier alpha value is -3.00. The molecule has 0 unspecified atom stereocenters. The van der Waals surface area contributed by atoms with Crippen LogP contribution in [0.1, 0.15) is 0 Å². The van der Waals surface area contributed by atoms with E-state index in [2.05, 4.69) is 15.5 Å². The zero-order chi connectivity index (χ0) is 18.5. The smallest absolute Gasteiger partial charge is 0.210 e. The molecule has 0 aliphatic heterocycles. The fraction of sp³-hybridized carbons (Fsp3) is 0.222. The van der Waals surface area contributed by atoms with Gasteiger partial charge in [-0.1, -0.05) is 11.3 Å². The Morgan fingerprint density at radius 2 is 1.46 bits per heavy atom. The van der Waals surface area contributed by atoms with Crippen molar-refractivity contribution >= 4 is 22.2 Å². The Morgan fingerprint density at radius 1 is 0.808 bits per heavy atom. The van der Waals surface area contributed by atoms with Gasteiger partial charge in [0.25, 0.3) is 0 Å². The van der Waals surface area contributed by atoms with E-state index in [1.807, 2.05) is 36.4 Å². The summed E-state index contributed by atoms with van der Waals surface area (Å²) < 4.78 is 21.3. The lowest BCUT2D eigenvalue weighted by Crippen LogP contribution is -1.95. The summed E-state index contributed by atoms with van der Waals surface area (Å²) in [4.78, 5) is 0. The SMILES string of the molecule is COc1ccc(Nc2nnc(-c3cc(OC)c(OC)c(OC)c3)s2)cc1. The van der Waals surface area contributed by atoms with E-state index in [9.17, 15) is 0 Å². The highest BCUT2D eigenvalue weighted by molar-refractivity contribution is 7.18. The molecule has 1 aromatic heterocycles. The monoisotopic (exact) mass is 373 g/mol. The fourth-order valence-electron chi connectivity index (χ4n) is 2.39. The van der Waals surface area contributed by atoms with Gasteiger partial charge in [0.15, 0.2) is 11.5 Å². The summed E-state index contributed by atoms with van der Waals surface area (Å²) in [5.41, 5.74) is 1.73. The van der Waals surface area contributed by atoms with E-state index in [1.165, 1.54) is 11.3 Å². The van der Waals surface area contributed by atoms with Gasteiger partial charge >= 0.3 is 0 Å². The predicted molar refractivity (Wildman–Crippen MR) is 101 cm³/mol. The third-order valence-corrected chi connectivity index (χ3v) is 4.57. The van der Waals surface area contributed by atoms with Crippen LogP contribution in [-0.4, -0.2) is 38.6 Å². The standard InChI is InChI=1S/C18H19N3O4S/c1-22-13-7-5-12(6-8-13)19-18-21-20-17(26-18)11-9-14(23-2)16(25-4)15(10-11)24-3/h5-10H,1-4H3,(H,19,21). The quantitative estimate of drug-likeness (QED) is 0.671. The Morgan fingerprint density at radius 3 is 2.00 bits per heavy atom. The minimum atomic E-state index is 0.542. The molecule has 1 heterocycles. The van der Waals surface area contributed by atoms with Crippen molar-refractivity contribution in [3.8, 4) is 33.6 Å². The molecular weight excluding hydrogens is 354 g/mol. The topological polar surface area (TPSA) is 74.7 Å². The minimum Gasteiger partial charge on any atom is -0.497 e. The van der Waals surface area contributed by atoms with Crippen molar-refractivity contribution < 1.29 is 18.9 Å². The van der Waals surface area contributed by atoms with Crippen LogP contribution in [0.4, 0.5) is 10.8 Å². The highest BCUT2D eigenvalue weighted by atomic mass is 32.1. The number of hydrogen-bond acceptors (Lipinski definition) is 8. The molecule has 0 spiro atoms. The van der Waals surface area contributed by atoms with Gasteiger partial charge < -0.3 is 24.3 Å². The minimum absolute atomic E-state index is 0.542. The second-order valence-electron chi connectivity index (χ2n) is 5.18. The summed E-state index contributed by atoms with van der Waals surface area (Å²) in [6.07, 6.45) is 0. The van der Waals surface area contributed by atoms with Gasteiger partial charge in [0.05, 0.1) is 28.4 Å². The second-order valence-corrected chi connectivity index (χ2v) is 6.16. The molecule has 0 aliphatic rings. The molecule has 0 saturated carbocycles. The van der Waals surface area contributed by atoms with Crippen LogP contribution in [0.5, 0.6) is 23.0 Å². The van der Waals surface area contributed by atoms with Crippen molar-refractivity contribution in [2.24, 2.45) is 0 Å². The van der Waals surface area contributed by atoms with Crippen LogP contribution in [0, 0.1) is 0 Å². The Kier molecular flexibility index (Phi) is 5.43. The maximum Gasteiger partial charge on any atom is 0.210 e. The number of anilines is 2. The number of nitrogens with one attached hydrogen (secondary N) is 1. The number of rotatable bonds is 7. The highest BCUT2D eigenvalue weighted by Gasteiger charge is 2.16. The molecule has 2 aromatic carbocycles. The van der Waals surface area contributed by atoms with Gasteiger partial charge in [-0.25, -0.2) is 0 Å². The first-order valence-corrected chi connectivity index (χ1v) is 8.55. The molecule has 0 atom stereocenters. The van der Waals surface area contributed by atoms with Crippen molar-refractivity contribution in [1.82, 2.24) is 10.2 Å². The molecule has 8 heteroatoms. The van der Waals surface area contributed by atoms with E-state index >= 15 is 0 Å². The molecule has 26 heavy (non-hydrogen) atoms. The Labute approximate surface area is 155 Å². The van der Waals surface area contributed by atoms with Crippen molar-refractivity contribution in [2.45, 2.75) is 0 Å². The van der Waals surface area contributed by atoms with Gasteiger partial charge in [-0.15, -0.1) is 10.2 Å². The maximum atomic E-state index is 5.39. The number of benzene rings is 2. The summed E-state index contributed by atoms with van der Waals surface area (Å²) >= 11 is 1.43. The summed E-state index contributed by atoms with van der Waals surface area (Å²) in [6.45, 7) is 0. The molecule has 0 fully saturated rings. The van der Waals surface area contributed by atoms with E-state index in [4.69, 9.17) is 18.9 Å². The molecule has 0 radical (unpaired) electrons. The average Bonchev–Trinajstić information content (AvgIpc) is 3.15. The molecule has 0 amide bonds. The van der Waals surface area contributed by atoms with E-state index in [1.54, 1.807) is 28.4 Å². The van der Waals surface area contributed by atoms with Crippen LogP contribution in [0.2, 0.25) is 0 Å². The zero-order valence-electron chi connectivity index (χ0n) is 14.9. The number of hydrogen-bond donors (Lipinski definition) is 1. The first-order chi connectivity index (χ1) is 12.7. The van der Waals surface area contributed by atoms with E-state index in [-0.39, 0.29) is 0 Å². The van der Waals surface area contributed by atoms with E-state index < -0.39 is 0 Å². The van der Waals surface area contributed by atoms with Gasteiger partial charge in [-0.05, 0) is 36.4 Å². The molecule has 0 saturated heterocycles. The molecule has 1 N–H and O–H groups in total. The first-order valence-electron chi connectivity index (χ1n) is 7.73. The third kappa shape index (κ3) is 3.65. The maximum absolute atomic E-state index is 5.39. The van der Waals surface area contributed by atoms with Crippen LogP contribution in [0.3, 0.4) is 0 Å². The highest BCUT2D eigenvalue weighted by Crippen LogP contribution is 2.42. The van der Waals surface area contributed by atoms with E-state index in [0.717, 1.165) is 22.0 Å². The van der Waals surface area contributed by atoms with Crippen LogP contribution in [0.25, 0.3) is 10.6 Å². The van der Waals surface area contributed by atoms with Crippen molar-refractivity contribution in [2.75, 3.05) is 33.8 Å². The molecule has 3 rings (SSSR count). The number of aromatic nitrogens is 2. The number of methoxy groups -OCH3 is 4. The second kappa shape index (κ2) is 7.92. The largest absolute Gasteiger partial charge is 0.497 e. The van der Waals surface area contributed by atoms with Crippen molar-refractivity contribution in [3.63, 3.8) is 0 Å². The number of ether oxygens (including phenoxy) is 4. The molecule has 0 aliphatic carbocycles. The molecule has 0 bridgehead atoms. The molecule has 3 aromatic rings. The normalized spacial score (nSPS) is 10.3. The zero-order valence-corrected chi connectivity index (χ0v) is 15.7. The fourth-order valence-corrected chi connectivity index (χ4v) is 3.14. The van der Waals surface area contributed by atoms with Gasteiger partial charge in [-0.3, -0.25) is 0 Å². The first kappa shape index (κ1) is 17.8. The summed E-state index contributed by atoms with van der Waals surface area (Å²) in [5.74, 6) is 2.48. The summed E-state index contributed by atoms with van der Waals surface area (Å²) in [6, 6.07) is 11.3. The third-order valence-electron chi connectivity index (χ3n) is 3.68. The van der Waals surface area contributed by atoms with Gasteiger partial charge in [0.2, 0.25) is 10.9 Å².